The van der Waals surface area contributed by atoms with Crippen molar-refractivity contribution < 1.29 is 9.47 Å². The lowest BCUT2D eigenvalue weighted by molar-refractivity contribution is 0.177. The lowest BCUT2D eigenvalue weighted by Crippen LogP contribution is -2.47. The SMILES string of the molecule is CN=C(NCCc1ccc(OC2CCCC2)cc1)NC1CCc2nc(COC)nn2C1.I. The third kappa shape index (κ3) is 6.81. The molecule has 1 saturated carbocycles. The van der Waals surface area contributed by atoms with Crippen LogP contribution in [-0.4, -0.2) is 53.6 Å². The van der Waals surface area contributed by atoms with E-state index < -0.39 is 0 Å². The van der Waals surface area contributed by atoms with Crippen molar-refractivity contribution >= 4 is 29.9 Å². The first-order chi connectivity index (χ1) is 15.2. The number of hydrogen-bond donors (Lipinski definition) is 2. The van der Waals surface area contributed by atoms with Crippen LogP contribution < -0.4 is 15.4 Å². The van der Waals surface area contributed by atoms with E-state index in [1.807, 2.05) is 11.7 Å². The Hall–Kier alpha value is -1.88. The highest BCUT2D eigenvalue weighted by atomic mass is 127. The molecule has 2 heterocycles. The molecule has 0 saturated heterocycles. The number of rotatable bonds is 8. The highest BCUT2D eigenvalue weighted by molar-refractivity contribution is 14.0. The number of halogens is 1. The number of methoxy groups -OCH3 is 1. The Bertz CT molecular complexity index is 864. The molecule has 2 aliphatic rings. The number of nitrogens with one attached hydrogen (secondary N) is 2. The average molecular weight is 554 g/mol. The van der Waals surface area contributed by atoms with E-state index in [1.165, 1.54) is 31.2 Å². The highest BCUT2D eigenvalue weighted by Crippen LogP contribution is 2.24. The predicted molar refractivity (Wildman–Crippen MR) is 136 cm³/mol. The van der Waals surface area contributed by atoms with E-state index in [0.29, 0.717) is 12.7 Å². The van der Waals surface area contributed by atoms with Gasteiger partial charge in [0, 0.05) is 33.2 Å². The molecule has 1 aromatic heterocycles. The van der Waals surface area contributed by atoms with Gasteiger partial charge < -0.3 is 20.1 Å². The van der Waals surface area contributed by atoms with Crippen LogP contribution in [-0.2, 0) is 30.7 Å². The van der Waals surface area contributed by atoms with E-state index in [9.17, 15) is 0 Å². The summed E-state index contributed by atoms with van der Waals surface area (Å²) in [5.41, 5.74) is 1.29. The monoisotopic (exact) mass is 554 g/mol. The second kappa shape index (κ2) is 12.4. The zero-order valence-corrected chi connectivity index (χ0v) is 21.4. The van der Waals surface area contributed by atoms with E-state index in [1.54, 1.807) is 7.11 Å². The molecule has 1 unspecified atom stereocenters. The van der Waals surface area contributed by atoms with Crippen molar-refractivity contribution in [1.82, 2.24) is 25.4 Å². The first-order valence-corrected chi connectivity index (χ1v) is 11.4. The zero-order chi connectivity index (χ0) is 21.5. The number of nitrogens with zero attached hydrogens (tertiary/aromatic N) is 4. The summed E-state index contributed by atoms with van der Waals surface area (Å²) in [7, 11) is 3.48. The van der Waals surface area contributed by atoms with Crippen molar-refractivity contribution in [2.24, 2.45) is 4.99 Å². The molecule has 0 amide bonds. The molecule has 1 atom stereocenters. The molecule has 1 aromatic carbocycles. The van der Waals surface area contributed by atoms with E-state index >= 15 is 0 Å². The number of guanidine groups is 1. The number of aryl methyl sites for hydroxylation is 1. The molecule has 2 aromatic rings. The van der Waals surface area contributed by atoms with Crippen molar-refractivity contribution in [3.63, 3.8) is 0 Å². The smallest absolute Gasteiger partial charge is 0.191 e. The van der Waals surface area contributed by atoms with Gasteiger partial charge in [0.15, 0.2) is 11.8 Å². The van der Waals surface area contributed by atoms with Crippen molar-refractivity contribution in [2.75, 3.05) is 20.7 Å². The molecule has 2 N–H and O–H groups in total. The molecule has 1 fully saturated rings. The minimum absolute atomic E-state index is 0. The van der Waals surface area contributed by atoms with Gasteiger partial charge in [-0.25, -0.2) is 9.67 Å². The second-order valence-corrected chi connectivity index (χ2v) is 8.36. The fourth-order valence-electron chi connectivity index (χ4n) is 4.32. The van der Waals surface area contributed by atoms with Crippen LogP contribution in [0.3, 0.4) is 0 Å². The number of benzene rings is 1. The largest absolute Gasteiger partial charge is 0.490 e. The number of aliphatic imine (C=N–C) groups is 1. The Morgan fingerprint density at radius 2 is 1.97 bits per heavy atom. The first kappa shape index (κ1) is 24.8. The Morgan fingerprint density at radius 3 is 2.69 bits per heavy atom. The van der Waals surface area contributed by atoms with Crippen molar-refractivity contribution in [3.05, 3.63) is 41.5 Å². The van der Waals surface area contributed by atoms with Crippen molar-refractivity contribution in [2.45, 2.75) is 70.2 Å². The van der Waals surface area contributed by atoms with Crippen LogP contribution in [0.25, 0.3) is 0 Å². The minimum Gasteiger partial charge on any atom is -0.490 e. The summed E-state index contributed by atoms with van der Waals surface area (Å²) in [6, 6.07) is 8.79. The fraction of sp³-hybridized carbons (Fsp3) is 0.609. The van der Waals surface area contributed by atoms with E-state index in [-0.39, 0.29) is 30.0 Å². The van der Waals surface area contributed by atoms with Gasteiger partial charge in [0.05, 0.1) is 12.6 Å². The van der Waals surface area contributed by atoms with Gasteiger partial charge in [0.2, 0.25) is 0 Å². The van der Waals surface area contributed by atoms with Gasteiger partial charge in [-0.3, -0.25) is 4.99 Å². The summed E-state index contributed by atoms with van der Waals surface area (Å²) < 4.78 is 13.2. The molecule has 32 heavy (non-hydrogen) atoms. The molecular formula is C23H35IN6O2. The Labute approximate surface area is 207 Å². The Morgan fingerprint density at radius 1 is 1.19 bits per heavy atom. The molecule has 0 spiro atoms. The standard InChI is InChI=1S/C23H34N6O2.HI/c1-24-23(26-18-9-12-22-27-21(16-30-2)28-29(22)15-18)25-14-13-17-7-10-20(11-8-17)31-19-5-3-4-6-19;/h7-8,10-11,18-19H,3-6,9,12-16H2,1-2H3,(H2,24,25,26);1H. The third-order valence-corrected chi connectivity index (χ3v) is 5.97. The third-order valence-electron chi connectivity index (χ3n) is 5.97. The maximum atomic E-state index is 6.05. The molecular weight excluding hydrogens is 519 g/mol. The lowest BCUT2D eigenvalue weighted by atomic mass is 10.1. The van der Waals surface area contributed by atoms with Crippen LogP contribution in [0.2, 0.25) is 0 Å². The summed E-state index contributed by atoms with van der Waals surface area (Å²) >= 11 is 0. The van der Waals surface area contributed by atoms with Crippen LogP contribution >= 0.6 is 24.0 Å². The van der Waals surface area contributed by atoms with Crippen molar-refractivity contribution in [3.8, 4) is 5.75 Å². The summed E-state index contributed by atoms with van der Waals surface area (Å²) in [4.78, 5) is 8.92. The van der Waals surface area contributed by atoms with Gasteiger partial charge >= 0.3 is 0 Å². The maximum absolute atomic E-state index is 6.05. The summed E-state index contributed by atoms with van der Waals surface area (Å²) in [6.45, 7) is 2.06. The van der Waals surface area contributed by atoms with Gasteiger partial charge in [0.25, 0.3) is 0 Å². The maximum Gasteiger partial charge on any atom is 0.191 e. The highest BCUT2D eigenvalue weighted by Gasteiger charge is 2.22. The molecule has 0 bridgehead atoms. The van der Waals surface area contributed by atoms with Crippen LogP contribution in [0.5, 0.6) is 5.75 Å². The summed E-state index contributed by atoms with van der Waals surface area (Å²) in [5, 5.41) is 11.5. The summed E-state index contributed by atoms with van der Waals surface area (Å²) in [5.74, 6) is 3.60. The number of hydrogen-bond acceptors (Lipinski definition) is 5. The van der Waals surface area contributed by atoms with Crippen LogP contribution in [0.1, 0.15) is 49.3 Å². The Kier molecular flexibility index (Phi) is 9.58. The topological polar surface area (TPSA) is 85.6 Å². The van der Waals surface area contributed by atoms with E-state index in [0.717, 1.165) is 55.7 Å². The molecule has 9 heteroatoms. The minimum atomic E-state index is 0. The van der Waals surface area contributed by atoms with Gasteiger partial charge in [-0.15, -0.1) is 24.0 Å². The van der Waals surface area contributed by atoms with Gasteiger partial charge in [-0.05, 0) is 56.2 Å². The lowest BCUT2D eigenvalue weighted by Gasteiger charge is -2.25. The number of aromatic nitrogens is 3. The molecule has 0 radical (unpaired) electrons. The molecule has 4 rings (SSSR count). The van der Waals surface area contributed by atoms with Crippen molar-refractivity contribution in [1.29, 1.82) is 0 Å². The Balaban J connectivity index is 0.00000289. The van der Waals surface area contributed by atoms with E-state index in [2.05, 4.69) is 50.0 Å². The number of ether oxygens (including phenoxy) is 2. The zero-order valence-electron chi connectivity index (χ0n) is 19.0. The molecule has 1 aliphatic heterocycles. The number of fused-ring (bicyclic) bond motifs is 1. The van der Waals surface area contributed by atoms with Gasteiger partial charge in [-0.2, -0.15) is 5.10 Å². The van der Waals surface area contributed by atoms with Crippen LogP contribution in [0.15, 0.2) is 29.3 Å². The van der Waals surface area contributed by atoms with Crippen LogP contribution in [0.4, 0.5) is 0 Å². The van der Waals surface area contributed by atoms with Gasteiger partial charge in [-0.1, -0.05) is 12.1 Å². The average Bonchev–Trinajstić information content (AvgIpc) is 3.43. The summed E-state index contributed by atoms with van der Waals surface area (Å²) in [6.07, 6.45) is 8.20. The fourth-order valence-corrected chi connectivity index (χ4v) is 4.32. The first-order valence-electron chi connectivity index (χ1n) is 11.4. The predicted octanol–water partition coefficient (Wildman–Crippen LogP) is 3.09. The molecule has 1 aliphatic carbocycles. The van der Waals surface area contributed by atoms with Gasteiger partial charge in [0.1, 0.15) is 18.2 Å². The molecule has 8 nitrogen and oxygen atoms in total. The normalized spacial score (nSPS) is 18.7. The van der Waals surface area contributed by atoms with Crippen LogP contribution in [0, 0.1) is 0 Å². The molecule has 176 valence electrons. The quantitative estimate of drug-likeness (QED) is 0.297. The van der Waals surface area contributed by atoms with E-state index in [4.69, 9.17) is 9.47 Å². The second-order valence-electron chi connectivity index (χ2n) is 8.36.